The second kappa shape index (κ2) is 7.22. The minimum atomic E-state index is 0.390. The van der Waals surface area contributed by atoms with Gasteiger partial charge in [0, 0.05) is 24.8 Å². The largest absolute Gasteiger partial charge is 0.497 e. The van der Waals surface area contributed by atoms with Crippen molar-refractivity contribution in [3.63, 3.8) is 0 Å². The van der Waals surface area contributed by atoms with Crippen LogP contribution >= 0.6 is 0 Å². The molecule has 0 radical (unpaired) electrons. The van der Waals surface area contributed by atoms with Gasteiger partial charge in [-0.2, -0.15) is 5.26 Å². The summed E-state index contributed by atoms with van der Waals surface area (Å²) in [6.07, 6.45) is 2.09. The number of ether oxygens (including phenoxy) is 1. The van der Waals surface area contributed by atoms with Gasteiger partial charge in [0.2, 0.25) is 0 Å². The summed E-state index contributed by atoms with van der Waals surface area (Å²) in [7, 11) is 1.68. The number of aryl methyl sites for hydroxylation is 1. The van der Waals surface area contributed by atoms with Gasteiger partial charge >= 0.3 is 0 Å². The third-order valence-corrected chi connectivity index (χ3v) is 4.49. The van der Waals surface area contributed by atoms with Crippen LogP contribution < -0.4 is 15.0 Å². The molecule has 2 aromatic rings. The van der Waals surface area contributed by atoms with Gasteiger partial charge in [0.1, 0.15) is 23.3 Å². The SMILES string of the molecule is COc1ccc(N2CCC(Nc3ccc(C)c(C#N)n3)CC2)cc1. The third kappa shape index (κ3) is 3.60. The zero-order chi connectivity index (χ0) is 16.9. The van der Waals surface area contributed by atoms with E-state index in [1.165, 1.54) is 5.69 Å². The number of benzene rings is 1. The van der Waals surface area contributed by atoms with E-state index < -0.39 is 0 Å². The van der Waals surface area contributed by atoms with Crippen LogP contribution in [0.15, 0.2) is 36.4 Å². The van der Waals surface area contributed by atoms with Crippen molar-refractivity contribution in [2.45, 2.75) is 25.8 Å². The molecule has 1 aromatic carbocycles. The molecule has 1 aliphatic heterocycles. The zero-order valence-corrected chi connectivity index (χ0v) is 14.1. The lowest BCUT2D eigenvalue weighted by atomic mass is 10.0. The Hall–Kier alpha value is -2.74. The number of methoxy groups -OCH3 is 1. The van der Waals surface area contributed by atoms with E-state index in [2.05, 4.69) is 33.4 Å². The highest BCUT2D eigenvalue weighted by molar-refractivity contribution is 5.50. The van der Waals surface area contributed by atoms with Crippen molar-refractivity contribution >= 4 is 11.5 Å². The molecular weight excluding hydrogens is 300 g/mol. The summed E-state index contributed by atoms with van der Waals surface area (Å²) in [5, 5.41) is 12.6. The standard InChI is InChI=1S/C19H22N4O/c1-14-3-8-19(22-18(14)13-20)21-15-9-11-23(12-10-15)16-4-6-17(24-2)7-5-16/h3-8,15H,9-12H2,1-2H3,(H,21,22). The van der Waals surface area contributed by atoms with Crippen molar-refractivity contribution < 1.29 is 4.74 Å². The van der Waals surface area contributed by atoms with Crippen molar-refractivity contribution in [1.82, 2.24) is 4.98 Å². The van der Waals surface area contributed by atoms with E-state index in [-0.39, 0.29) is 0 Å². The molecule has 1 fully saturated rings. The maximum Gasteiger partial charge on any atom is 0.145 e. The van der Waals surface area contributed by atoms with Crippen molar-refractivity contribution in [2.75, 3.05) is 30.4 Å². The summed E-state index contributed by atoms with van der Waals surface area (Å²) in [5.74, 6) is 1.68. The van der Waals surface area contributed by atoms with Crippen LogP contribution in [0.3, 0.4) is 0 Å². The van der Waals surface area contributed by atoms with Gasteiger partial charge in [0.05, 0.1) is 7.11 Å². The van der Waals surface area contributed by atoms with Crippen molar-refractivity contribution in [3.8, 4) is 11.8 Å². The first-order valence-corrected chi connectivity index (χ1v) is 8.23. The minimum absolute atomic E-state index is 0.390. The molecule has 1 aliphatic rings. The molecule has 124 valence electrons. The Balaban J connectivity index is 1.58. The molecule has 0 unspecified atom stereocenters. The number of aromatic nitrogens is 1. The Kier molecular flexibility index (Phi) is 4.85. The first kappa shape index (κ1) is 16.1. The molecule has 2 heterocycles. The number of piperidine rings is 1. The van der Waals surface area contributed by atoms with Gasteiger partial charge in [-0.05, 0) is 55.7 Å². The summed E-state index contributed by atoms with van der Waals surface area (Å²) >= 11 is 0. The van der Waals surface area contributed by atoms with Gasteiger partial charge in [0.15, 0.2) is 0 Å². The van der Waals surface area contributed by atoms with Crippen molar-refractivity contribution in [3.05, 3.63) is 47.7 Å². The van der Waals surface area contributed by atoms with Crippen LogP contribution in [0.4, 0.5) is 11.5 Å². The highest BCUT2D eigenvalue weighted by atomic mass is 16.5. The number of nitrogens with zero attached hydrogens (tertiary/aromatic N) is 3. The number of hydrogen-bond acceptors (Lipinski definition) is 5. The molecule has 0 aliphatic carbocycles. The maximum absolute atomic E-state index is 9.09. The number of pyridine rings is 1. The fourth-order valence-electron chi connectivity index (χ4n) is 3.01. The van der Waals surface area contributed by atoms with Gasteiger partial charge in [-0.25, -0.2) is 4.98 Å². The molecule has 5 heteroatoms. The highest BCUT2D eigenvalue weighted by Gasteiger charge is 2.20. The predicted octanol–water partition coefficient (Wildman–Crippen LogP) is 3.35. The molecule has 0 bridgehead atoms. The zero-order valence-electron chi connectivity index (χ0n) is 14.1. The number of rotatable bonds is 4. The van der Waals surface area contributed by atoms with Crippen LogP contribution in [0.1, 0.15) is 24.1 Å². The lowest BCUT2D eigenvalue weighted by Gasteiger charge is -2.34. The summed E-state index contributed by atoms with van der Waals surface area (Å²) in [6.45, 7) is 3.91. The van der Waals surface area contributed by atoms with Crippen LogP contribution in [0.2, 0.25) is 0 Å². The number of hydrogen-bond donors (Lipinski definition) is 1. The number of nitrogens with one attached hydrogen (secondary N) is 1. The molecule has 5 nitrogen and oxygen atoms in total. The quantitative estimate of drug-likeness (QED) is 0.935. The Morgan fingerprint density at radius 1 is 1.17 bits per heavy atom. The predicted molar refractivity (Wildman–Crippen MR) is 95.5 cm³/mol. The average Bonchev–Trinajstić information content (AvgIpc) is 2.64. The smallest absolute Gasteiger partial charge is 0.145 e. The minimum Gasteiger partial charge on any atom is -0.497 e. The molecule has 0 spiro atoms. The summed E-state index contributed by atoms with van der Waals surface area (Å²) < 4.78 is 5.21. The van der Waals surface area contributed by atoms with E-state index in [0.29, 0.717) is 11.7 Å². The summed E-state index contributed by atoms with van der Waals surface area (Å²) in [5.41, 5.74) is 2.64. The molecule has 1 aromatic heterocycles. The summed E-state index contributed by atoms with van der Waals surface area (Å²) in [6, 6.07) is 14.6. The number of anilines is 2. The Labute approximate surface area is 142 Å². The molecule has 1 saturated heterocycles. The third-order valence-electron chi connectivity index (χ3n) is 4.49. The number of nitriles is 1. The molecular formula is C19H22N4O. The first-order valence-electron chi connectivity index (χ1n) is 8.23. The second-order valence-electron chi connectivity index (χ2n) is 6.08. The van der Waals surface area contributed by atoms with Gasteiger partial charge in [0.25, 0.3) is 0 Å². The monoisotopic (exact) mass is 322 g/mol. The van der Waals surface area contributed by atoms with Crippen molar-refractivity contribution in [1.29, 1.82) is 5.26 Å². The lowest BCUT2D eigenvalue weighted by Crippen LogP contribution is -2.39. The Bertz CT molecular complexity index is 728. The molecule has 0 saturated carbocycles. The van der Waals surface area contributed by atoms with Crippen LogP contribution in [-0.4, -0.2) is 31.2 Å². The topological polar surface area (TPSA) is 61.2 Å². The van der Waals surface area contributed by atoms with E-state index in [1.807, 2.05) is 31.2 Å². The Morgan fingerprint density at radius 3 is 2.50 bits per heavy atom. The summed E-state index contributed by atoms with van der Waals surface area (Å²) in [4.78, 5) is 6.77. The van der Waals surface area contributed by atoms with Gasteiger partial charge in [-0.1, -0.05) is 6.07 Å². The highest BCUT2D eigenvalue weighted by Crippen LogP contribution is 2.24. The van der Waals surface area contributed by atoms with Gasteiger partial charge < -0.3 is 15.0 Å². The van der Waals surface area contributed by atoms with E-state index in [4.69, 9.17) is 10.00 Å². The molecule has 1 N–H and O–H groups in total. The van der Waals surface area contributed by atoms with Crippen LogP contribution in [0, 0.1) is 18.3 Å². The lowest BCUT2D eigenvalue weighted by molar-refractivity contribution is 0.414. The van der Waals surface area contributed by atoms with E-state index in [0.717, 1.165) is 43.1 Å². The van der Waals surface area contributed by atoms with E-state index >= 15 is 0 Å². The molecule has 0 atom stereocenters. The molecule has 24 heavy (non-hydrogen) atoms. The van der Waals surface area contributed by atoms with Crippen LogP contribution in [-0.2, 0) is 0 Å². The normalized spacial score (nSPS) is 15.0. The fourth-order valence-corrected chi connectivity index (χ4v) is 3.01. The fraction of sp³-hybridized carbons (Fsp3) is 0.368. The molecule has 3 rings (SSSR count). The van der Waals surface area contributed by atoms with Crippen LogP contribution in [0.25, 0.3) is 0 Å². The van der Waals surface area contributed by atoms with E-state index in [1.54, 1.807) is 7.11 Å². The Morgan fingerprint density at radius 2 is 1.88 bits per heavy atom. The maximum atomic E-state index is 9.09. The average molecular weight is 322 g/mol. The van der Waals surface area contributed by atoms with Gasteiger partial charge in [-0.15, -0.1) is 0 Å². The van der Waals surface area contributed by atoms with E-state index in [9.17, 15) is 0 Å². The first-order chi connectivity index (χ1) is 11.7. The second-order valence-corrected chi connectivity index (χ2v) is 6.08. The van der Waals surface area contributed by atoms with Crippen molar-refractivity contribution in [2.24, 2.45) is 0 Å². The van der Waals surface area contributed by atoms with Gasteiger partial charge in [-0.3, -0.25) is 0 Å². The van der Waals surface area contributed by atoms with Crippen LogP contribution in [0.5, 0.6) is 5.75 Å². The molecule has 0 amide bonds.